The number of hydrogen-bond donors (Lipinski definition) is 1. The Kier molecular flexibility index (Phi) is 5.86. The first-order chi connectivity index (χ1) is 9.76. The molecule has 1 saturated carbocycles. The number of alkyl halides is 1. The van der Waals surface area contributed by atoms with Crippen LogP contribution >= 0.6 is 11.6 Å². The maximum atomic E-state index is 12.7. The Morgan fingerprint density at radius 3 is 2.70 bits per heavy atom. The second-order valence-corrected chi connectivity index (χ2v) is 5.62. The van der Waals surface area contributed by atoms with Crippen LogP contribution in [-0.2, 0) is 5.88 Å². The van der Waals surface area contributed by atoms with Crippen molar-refractivity contribution in [2.24, 2.45) is 0 Å². The van der Waals surface area contributed by atoms with E-state index in [1.54, 1.807) is 0 Å². The summed E-state index contributed by atoms with van der Waals surface area (Å²) in [6.45, 7) is 0.423. The van der Waals surface area contributed by atoms with Crippen molar-refractivity contribution >= 4 is 17.5 Å². The predicted molar refractivity (Wildman–Crippen MR) is 81.0 cm³/mol. The van der Waals surface area contributed by atoms with E-state index in [1.807, 2.05) is 29.2 Å². The van der Waals surface area contributed by atoms with Gasteiger partial charge in [-0.25, -0.2) is 0 Å². The Hall–Kier alpha value is -1.06. The molecule has 3 nitrogen and oxygen atoms in total. The summed E-state index contributed by atoms with van der Waals surface area (Å²) in [5.74, 6) is 0.419. The minimum atomic E-state index is 0.0113. The standard InChI is InChI=1S/C16H22ClNO2/c17-12-13-5-4-6-14(11-13)16(20)18(9-10-19)15-7-2-1-3-8-15/h4-6,11,15,19H,1-3,7-10,12H2. The van der Waals surface area contributed by atoms with E-state index < -0.39 is 0 Å². The number of halogens is 1. The van der Waals surface area contributed by atoms with Gasteiger partial charge in [-0.2, -0.15) is 0 Å². The normalized spacial score (nSPS) is 16.1. The van der Waals surface area contributed by atoms with Crippen LogP contribution in [0, 0.1) is 0 Å². The summed E-state index contributed by atoms with van der Waals surface area (Å²) >= 11 is 5.83. The second kappa shape index (κ2) is 7.65. The lowest BCUT2D eigenvalue weighted by Crippen LogP contribution is -2.43. The lowest BCUT2D eigenvalue weighted by atomic mass is 9.93. The molecule has 0 heterocycles. The van der Waals surface area contributed by atoms with Gasteiger partial charge < -0.3 is 10.0 Å². The Morgan fingerprint density at radius 1 is 1.30 bits per heavy atom. The fourth-order valence-electron chi connectivity index (χ4n) is 2.90. The van der Waals surface area contributed by atoms with E-state index in [4.69, 9.17) is 11.6 Å². The van der Waals surface area contributed by atoms with Crippen LogP contribution in [-0.4, -0.2) is 35.1 Å². The molecule has 0 aliphatic heterocycles. The molecule has 0 atom stereocenters. The van der Waals surface area contributed by atoms with Gasteiger partial charge in [0.2, 0.25) is 0 Å². The van der Waals surface area contributed by atoms with Gasteiger partial charge in [0.25, 0.3) is 5.91 Å². The molecule has 20 heavy (non-hydrogen) atoms. The van der Waals surface area contributed by atoms with Crippen LogP contribution in [0.25, 0.3) is 0 Å². The van der Waals surface area contributed by atoms with E-state index in [2.05, 4.69) is 0 Å². The zero-order chi connectivity index (χ0) is 14.4. The van der Waals surface area contributed by atoms with Crippen LogP contribution in [0.15, 0.2) is 24.3 Å². The van der Waals surface area contributed by atoms with Crippen LogP contribution in [0.4, 0.5) is 0 Å². The summed E-state index contributed by atoms with van der Waals surface area (Å²) < 4.78 is 0. The van der Waals surface area contributed by atoms with Crippen LogP contribution in [0.2, 0.25) is 0 Å². The molecule has 1 aromatic carbocycles. The molecule has 0 unspecified atom stereocenters. The summed E-state index contributed by atoms with van der Waals surface area (Å²) in [6, 6.07) is 7.72. The lowest BCUT2D eigenvalue weighted by Gasteiger charge is -2.34. The quantitative estimate of drug-likeness (QED) is 0.848. The van der Waals surface area contributed by atoms with Crippen LogP contribution < -0.4 is 0 Å². The van der Waals surface area contributed by atoms with Gasteiger partial charge in [-0.15, -0.1) is 11.6 Å². The Morgan fingerprint density at radius 2 is 2.05 bits per heavy atom. The van der Waals surface area contributed by atoms with E-state index >= 15 is 0 Å². The minimum Gasteiger partial charge on any atom is -0.395 e. The highest BCUT2D eigenvalue weighted by Gasteiger charge is 2.25. The SMILES string of the molecule is O=C(c1cccc(CCl)c1)N(CCO)C1CCCCC1. The Balaban J connectivity index is 2.16. The first-order valence-corrected chi connectivity index (χ1v) is 7.86. The fraction of sp³-hybridized carbons (Fsp3) is 0.562. The molecule has 1 aliphatic carbocycles. The minimum absolute atomic E-state index is 0.0113. The van der Waals surface area contributed by atoms with Crippen molar-refractivity contribution in [3.8, 4) is 0 Å². The number of carbonyl (C=O) groups is 1. The third-order valence-electron chi connectivity index (χ3n) is 3.95. The van der Waals surface area contributed by atoms with Crippen molar-refractivity contribution in [3.05, 3.63) is 35.4 Å². The molecule has 110 valence electrons. The van der Waals surface area contributed by atoms with Crippen molar-refractivity contribution in [3.63, 3.8) is 0 Å². The molecule has 2 rings (SSSR count). The molecule has 0 bridgehead atoms. The average Bonchev–Trinajstić information content (AvgIpc) is 2.53. The fourth-order valence-corrected chi connectivity index (χ4v) is 3.07. The maximum Gasteiger partial charge on any atom is 0.254 e. The van der Waals surface area contributed by atoms with Gasteiger partial charge in [-0.05, 0) is 30.5 Å². The van der Waals surface area contributed by atoms with Crippen LogP contribution in [0.5, 0.6) is 0 Å². The monoisotopic (exact) mass is 295 g/mol. The molecule has 0 aromatic heterocycles. The zero-order valence-corrected chi connectivity index (χ0v) is 12.5. The molecule has 0 spiro atoms. The third-order valence-corrected chi connectivity index (χ3v) is 4.25. The van der Waals surface area contributed by atoms with Gasteiger partial charge in [-0.3, -0.25) is 4.79 Å². The third kappa shape index (κ3) is 3.74. The van der Waals surface area contributed by atoms with Gasteiger partial charge in [-0.1, -0.05) is 31.4 Å². The van der Waals surface area contributed by atoms with E-state index in [0.29, 0.717) is 18.0 Å². The highest BCUT2D eigenvalue weighted by atomic mass is 35.5. The topological polar surface area (TPSA) is 40.5 Å². The molecule has 4 heteroatoms. The van der Waals surface area contributed by atoms with Crippen LogP contribution in [0.1, 0.15) is 48.0 Å². The average molecular weight is 296 g/mol. The molecule has 1 fully saturated rings. The summed E-state index contributed by atoms with van der Waals surface area (Å²) in [4.78, 5) is 14.5. The predicted octanol–water partition coefficient (Wildman–Crippen LogP) is 3.19. The summed E-state index contributed by atoms with van der Waals surface area (Å²) in [5, 5.41) is 9.25. The van der Waals surface area contributed by atoms with Crippen molar-refractivity contribution in [2.75, 3.05) is 13.2 Å². The number of aliphatic hydroxyl groups is 1. The van der Waals surface area contributed by atoms with Crippen molar-refractivity contribution in [2.45, 2.75) is 44.0 Å². The second-order valence-electron chi connectivity index (χ2n) is 5.35. The lowest BCUT2D eigenvalue weighted by molar-refractivity contribution is 0.0585. The molecular formula is C16H22ClNO2. The van der Waals surface area contributed by atoms with Gasteiger partial charge in [0.15, 0.2) is 0 Å². The number of aliphatic hydroxyl groups excluding tert-OH is 1. The van der Waals surface area contributed by atoms with Crippen molar-refractivity contribution < 1.29 is 9.90 Å². The first kappa shape index (κ1) is 15.3. The molecule has 1 N–H and O–H groups in total. The highest BCUT2D eigenvalue weighted by Crippen LogP contribution is 2.24. The Bertz CT molecular complexity index is 444. The molecule has 1 aliphatic rings. The molecule has 0 saturated heterocycles. The first-order valence-electron chi connectivity index (χ1n) is 7.33. The van der Waals surface area contributed by atoms with E-state index in [0.717, 1.165) is 18.4 Å². The largest absolute Gasteiger partial charge is 0.395 e. The molecular weight excluding hydrogens is 274 g/mol. The summed E-state index contributed by atoms with van der Waals surface area (Å²) in [5.41, 5.74) is 1.62. The zero-order valence-electron chi connectivity index (χ0n) is 11.7. The van der Waals surface area contributed by atoms with Gasteiger partial charge in [0.05, 0.1) is 6.61 Å². The number of carbonyl (C=O) groups excluding carboxylic acids is 1. The molecule has 1 aromatic rings. The van der Waals surface area contributed by atoms with Gasteiger partial charge in [0.1, 0.15) is 0 Å². The van der Waals surface area contributed by atoms with E-state index in [1.165, 1.54) is 19.3 Å². The maximum absolute atomic E-state index is 12.7. The number of benzene rings is 1. The number of amides is 1. The van der Waals surface area contributed by atoms with Crippen LogP contribution in [0.3, 0.4) is 0 Å². The Labute approximate surface area is 125 Å². The number of hydrogen-bond acceptors (Lipinski definition) is 2. The van der Waals surface area contributed by atoms with Crippen molar-refractivity contribution in [1.29, 1.82) is 0 Å². The number of nitrogens with zero attached hydrogens (tertiary/aromatic N) is 1. The summed E-state index contributed by atoms with van der Waals surface area (Å²) in [6.07, 6.45) is 5.67. The van der Waals surface area contributed by atoms with E-state index in [9.17, 15) is 9.90 Å². The summed E-state index contributed by atoms with van der Waals surface area (Å²) in [7, 11) is 0. The number of rotatable bonds is 5. The van der Waals surface area contributed by atoms with E-state index in [-0.39, 0.29) is 18.6 Å². The highest BCUT2D eigenvalue weighted by molar-refractivity contribution is 6.17. The molecule has 0 radical (unpaired) electrons. The smallest absolute Gasteiger partial charge is 0.254 e. The van der Waals surface area contributed by atoms with Gasteiger partial charge in [0, 0.05) is 24.0 Å². The molecule has 1 amide bonds. The van der Waals surface area contributed by atoms with Gasteiger partial charge >= 0.3 is 0 Å². The van der Waals surface area contributed by atoms with Crippen molar-refractivity contribution in [1.82, 2.24) is 4.90 Å².